The summed E-state index contributed by atoms with van der Waals surface area (Å²) >= 11 is 0. The van der Waals surface area contributed by atoms with Gasteiger partial charge in [-0.3, -0.25) is 24.6 Å². The maximum atomic E-state index is 12.9. The Labute approximate surface area is 142 Å². The zero-order valence-corrected chi connectivity index (χ0v) is 14.5. The zero-order chi connectivity index (χ0) is 17.5. The Morgan fingerprint density at radius 3 is 2.50 bits per heavy atom. The monoisotopic (exact) mass is 328 g/mol. The Morgan fingerprint density at radius 1 is 1.21 bits per heavy atom. The number of aryl methyl sites for hydroxylation is 1. The summed E-state index contributed by atoms with van der Waals surface area (Å²) in [7, 11) is 0. The second-order valence-electron chi connectivity index (χ2n) is 6.43. The minimum atomic E-state index is -0.559. The number of fused-ring (bicyclic) bond motifs is 2. The molecule has 0 aromatic heterocycles. The topological polar surface area (TPSA) is 66.5 Å². The van der Waals surface area contributed by atoms with Crippen molar-refractivity contribution in [1.29, 1.82) is 0 Å². The minimum absolute atomic E-state index is 0.0326. The van der Waals surface area contributed by atoms with Crippen molar-refractivity contribution >= 4 is 23.4 Å². The molecule has 1 N–H and O–H groups in total. The summed E-state index contributed by atoms with van der Waals surface area (Å²) in [5.41, 5.74) is 2.74. The molecule has 0 radical (unpaired) electrons. The third-order valence-corrected chi connectivity index (χ3v) is 5.14. The van der Waals surface area contributed by atoms with Crippen molar-refractivity contribution in [3.05, 3.63) is 29.3 Å². The van der Waals surface area contributed by atoms with Crippen molar-refractivity contribution in [2.24, 2.45) is 0 Å². The number of benzene rings is 1. The van der Waals surface area contributed by atoms with Gasteiger partial charge in [0.15, 0.2) is 0 Å². The van der Waals surface area contributed by atoms with Crippen molar-refractivity contribution in [1.82, 2.24) is 5.32 Å². The summed E-state index contributed by atoms with van der Waals surface area (Å²) in [6, 6.07) is 5.54. The Morgan fingerprint density at radius 2 is 1.92 bits per heavy atom. The lowest BCUT2D eigenvalue weighted by molar-refractivity contribution is -0.135. The van der Waals surface area contributed by atoms with Crippen LogP contribution in [0.3, 0.4) is 0 Å². The maximum absolute atomic E-state index is 12.9. The molecule has 24 heavy (non-hydrogen) atoms. The predicted octanol–water partition coefficient (Wildman–Crippen LogP) is 2.46. The number of carbonyl (C=O) groups is 3. The normalized spacial score (nSPS) is 23.5. The van der Waals surface area contributed by atoms with Gasteiger partial charge in [-0.05, 0) is 42.9 Å². The lowest BCUT2D eigenvalue weighted by atomic mass is 9.95. The number of hydrogen-bond donors (Lipinski definition) is 1. The van der Waals surface area contributed by atoms with Gasteiger partial charge in [0.2, 0.25) is 17.7 Å². The lowest BCUT2D eigenvalue weighted by Gasteiger charge is -2.30. The van der Waals surface area contributed by atoms with Gasteiger partial charge in [0, 0.05) is 12.1 Å². The smallest absolute Gasteiger partial charge is 0.249 e. The molecule has 4 rings (SSSR count). The molecule has 1 spiro atoms. The molecule has 2 heterocycles. The highest BCUT2D eigenvalue weighted by molar-refractivity contribution is 6.15. The molecule has 2 fully saturated rings. The molecule has 0 bridgehead atoms. The van der Waals surface area contributed by atoms with Crippen LogP contribution in [0.4, 0.5) is 5.69 Å². The van der Waals surface area contributed by atoms with Crippen molar-refractivity contribution in [2.45, 2.75) is 64.3 Å². The van der Waals surface area contributed by atoms with Crippen molar-refractivity contribution in [3.63, 3.8) is 0 Å². The average Bonchev–Trinajstić information content (AvgIpc) is 3.36. The minimum Gasteiger partial charge on any atom is -0.299 e. The van der Waals surface area contributed by atoms with E-state index in [0.717, 1.165) is 30.5 Å². The first-order valence-electron chi connectivity index (χ1n) is 8.87. The highest BCUT2D eigenvalue weighted by atomic mass is 16.2. The van der Waals surface area contributed by atoms with E-state index >= 15 is 0 Å². The molecule has 5 nitrogen and oxygen atoms in total. The quantitative estimate of drug-likeness (QED) is 0.848. The van der Waals surface area contributed by atoms with Crippen LogP contribution in [-0.4, -0.2) is 23.8 Å². The summed E-state index contributed by atoms with van der Waals surface area (Å²) in [6.07, 6.45) is 3.33. The molecule has 2 aliphatic heterocycles. The first-order chi connectivity index (χ1) is 11.6. The molecule has 1 unspecified atom stereocenters. The number of rotatable bonds is 2. The van der Waals surface area contributed by atoms with Gasteiger partial charge >= 0.3 is 0 Å². The highest BCUT2D eigenvalue weighted by Crippen LogP contribution is 2.58. The Bertz CT molecular complexity index is 707. The predicted molar refractivity (Wildman–Crippen MR) is 91.7 cm³/mol. The largest absolute Gasteiger partial charge is 0.299 e. The molecule has 5 heteroatoms. The molecule has 128 valence electrons. The first-order valence-corrected chi connectivity index (χ1v) is 8.87. The van der Waals surface area contributed by atoms with E-state index < -0.39 is 11.5 Å². The van der Waals surface area contributed by atoms with Gasteiger partial charge in [-0.2, -0.15) is 0 Å². The molecule has 1 saturated heterocycles. The number of imide groups is 1. The van der Waals surface area contributed by atoms with Crippen LogP contribution in [0.15, 0.2) is 18.2 Å². The molecular weight excluding hydrogens is 304 g/mol. The average molecular weight is 328 g/mol. The Kier molecular flexibility index (Phi) is 4.20. The van der Waals surface area contributed by atoms with E-state index in [2.05, 4.69) is 18.3 Å². The molecule has 1 aromatic rings. The van der Waals surface area contributed by atoms with E-state index in [4.69, 9.17) is 0 Å². The van der Waals surface area contributed by atoms with Crippen LogP contribution in [0.25, 0.3) is 0 Å². The zero-order valence-electron chi connectivity index (χ0n) is 14.5. The number of amides is 3. The Balaban J connectivity index is 0.000000815. The third kappa shape index (κ3) is 2.34. The van der Waals surface area contributed by atoms with Crippen LogP contribution in [0, 0.1) is 0 Å². The van der Waals surface area contributed by atoms with E-state index in [9.17, 15) is 14.4 Å². The second kappa shape index (κ2) is 6.04. The molecule has 3 aliphatic rings. The van der Waals surface area contributed by atoms with E-state index in [1.807, 2.05) is 26.0 Å². The number of hydrogen-bond acceptors (Lipinski definition) is 3. The summed E-state index contributed by atoms with van der Waals surface area (Å²) in [4.78, 5) is 38.1. The number of piperidine rings is 1. The number of nitrogens with zero attached hydrogens (tertiary/aromatic N) is 1. The van der Waals surface area contributed by atoms with Gasteiger partial charge in [0.05, 0.1) is 5.41 Å². The molecule has 1 aromatic carbocycles. The highest BCUT2D eigenvalue weighted by Gasteiger charge is 2.61. The van der Waals surface area contributed by atoms with E-state index in [1.54, 1.807) is 4.90 Å². The molecule has 1 aliphatic carbocycles. The fourth-order valence-corrected chi connectivity index (χ4v) is 3.70. The SMILES string of the molecule is CC.CCc1ccc2c(c1)C1(CC1)C(=O)N2C1CCC(=O)NC1=O. The molecule has 1 atom stereocenters. The van der Waals surface area contributed by atoms with E-state index in [1.165, 1.54) is 5.56 Å². The summed E-state index contributed by atoms with van der Waals surface area (Å²) in [5, 5.41) is 2.36. The van der Waals surface area contributed by atoms with Gasteiger partial charge in [0.1, 0.15) is 6.04 Å². The van der Waals surface area contributed by atoms with Gasteiger partial charge in [0.25, 0.3) is 0 Å². The maximum Gasteiger partial charge on any atom is 0.249 e. The second-order valence-corrected chi connectivity index (χ2v) is 6.43. The first kappa shape index (κ1) is 16.7. The van der Waals surface area contributed by atoms with Gasteiger partial charge in [-0.1, -0.05) is 32.9 Å². The third-order valence-electron chi connectivity index (χ3n) is 5.14. The lowest BCUT2D eigenvalue weighted by Crippen LogP contribution is -2.54. The van der Waals surface area contributed by atoms with Crippen LogP contribution < -0.4 is 10.2 Å². The van der Waals surface area contributed by atoms with Crippen LogP contribution in [0.2, 0.25) is 0 Å². The van der Waals surface area contributed by atoms with E-state index in [0.29, 0.717) is 6.42 Å². The van der Waals surface area contributed by atoms with Crippen molar-refractivity contribution in [3.8, 4) is 0 Å². The fourth-order valence-electron chi connectivity index (χ4n) is 3.70. The number of anilines is 1. The summed E-state index contributed by atoms with van der Waals surface area (Å²) < 4.78 is 0. The van der Waals surface area contributed by atoms with Gasteiger partial charge in [-0.25, -0.2) is 0 Å². The van der Waals surface area contributed by atoms with Crippen LogP contribution in [0.1, 0.15) is 57.6 Å². The van der Waals surface area contributed by atoms with Gasteiger partial charge in [-0.15, -0.1) is 0 Å². The summed E-state index contributed by atoms with van der Waals surface area (Å²) in [5.74, 6) is -0.575. The van der Waals surface area contributed by atoms with E-state index in [-0.39, 0.29) is 24.1 Å². The molecule has 3 amide bonds. The number of carbonyl (C=O) groups excluding carboxylic acids is 3. The fraction of sp³-hybridized carbons (Fsp3) is 0.526. The molecular formula is C19H24N2O3. The van der Waals surface area contributed by atoms with Crippen molar-refractivity contribution in [2.75, 3.05) is 4.90 Å². The summed E-state index contributed by atoms with van der Waals surface area (Å²) in [6.45, 7) is 6.09. The van der Waals surface area contributed by atoms with Crippen LogP contribution >= 0.6 is 0 Å². The Hall–Kier alpha value is -2.17. The van der Waals surface area contributed by atoms with Gasteiger partial charge < -0.3 is 0 Å². The standard InChI is InChI=1S/C17H18N2O3.C2H6/c1-2-10-3-4-12-11(9-10)17(7-8-17)16(22)19(12)13-5-6-14(20)18-15(13)21;1-2/h3-4,9,13H,2,5-8H2,1H3,(H,18,20,21);1-2H3. The molecule has 1 saturated carbocycles. The van der Waals surface area contributed by atoms with Crippen molar-refractivity contribution < 1.29 is 14.4 Å². The van der Waals surface area contributed by atoms with Crippen LogP contribution in [-0.2, 0) is 26.2 Å². The van der Waals surface area contributed by atoms with Crippen LogP contribution in [0.5, 0.6) is 0 Å². The number of nitrogens with one attached hydrogen (secondary N) is 1.